The minimum atomic E-state index is -0.472. The largest absolute Gasteiger partial charge is 0.422 e. The molecule has 6 heteroatoms. The molecule has 0 aliphatic heterocycles. The highest BCUT2D eigenvalue weighted by molar-refractivity contribution is 9.10. The van der Waals surface area contributed by atoms with E-state index in [2.05, 4.69) is 28.9 Å². The molecule has 1 aromatic carbocycles. The van der Waals surface area contributed by atoms with Crippen LogP contribution >= 0.6 is 15.9 Å². The van der Waals surface area contributed by atoms with E-state index in [0.29, 0.717) is 40.7 Å². The van der Waals surface area contributed by atoms with Crippen LogP contribution in [0.5, 0.6) is 11.5 Å². The van der Waals surface area contributed by atoms with Gasteiger partial charge < -0.3 is 9.47 Å². The highest BCUT2D eigenvalue weighted by atomic mass is 79.9. The summed E-state index contributed by atoms with van der Waals surface area (Å²) in [7, 11) is 0. The number of hydrogen-bond acceptors (Lipinski definition) is 5. The second kappa shape index (κ2) is 6.83. The van der Waals surface area contributed by atoms with Gasteiger partial charge in [0.15, 0.2) is 11.5 Å². The van der Waals surface area contributed by atoms with E-state index in [1.807, 2.05) is 6.07 Å². The smallest absolute Gasteiger partial charge is 0.308 e. The number of hydrogen-bond donors (Lipinski definition) is 0. The van der Waals surface area contributed by atoms with Gasteiger partial charge >= 0.3 is 11.9 Å². The Hall–Kier alpha value is -1.95. The molecule has 0 N–H and O–H groups in total. The Balaban J connectivity index is 1.85. The number of carbonyl (C=O) groups is 3. The molecule has 28 heavy (non-hydrogen) atoms. The van der Waals surface area contributed by atoms with Crippen molar-refractivity contribution in [1.29, 1.82) is 0 Å². The molecule has 2 unspecified atom stereocenters. The van der Waals surface area contributed by atoms with Gasteiger partial charge in [0.1, 0.15) is 5.78 Å². The fraction of sp³-hybridized carbons (Fsp3) is 0.500. The number of esters is 2. The Morgan fingerprint density at radius 2 is 1.79 bits per heavy atom. The molecule has 0 aromatic heterocycles. The summed E-state index contributed by atoms with van der Waals surface area (Å²) >= 11 is 3.49. The lowest BCUT2D eigenvalue weighted by Gasteiger charge is -2.43. The molecule has 1 saturated carbocycles. The molecule has 148 valence electrons. The maximum absolute atomic E-state index is 12.5. The molecule has 4 rings (SSSR count). The van der Waals surface area contributed by atoms with Crippen LogP contribution in [0.3, 0.4) is 0 Å². The van der Waals surface area contributed by atoms with Crippen LogP contribution < -0.4 is 9.47 Å². The lowest BCUT2D eigenvalue weighted by Crippen LogP contribution is -2.38. The SMILES string of the molecule is CC(=O)Oc1c(Br)cc2c(c1OC(C)=O)CCC1C2=CC[C@]2(C)C(=O)CCC12. The third kappa shape index (κ3) is 2.93. The maximum Gasteiger partial charge on any atom is 0.308 e. The molecule has 3 atom stereocenters. The summed E-state index contributed by atoms with van der Waals surface area (Å²) in [4.78, 5) is 35.8. The highest BCUT2D eigenvalue weighted by Crippen LogP contribution is 2.58. The maximum atomic E-state index is 12.5. The van der Waals surface area contributed by atoms with Gasteiger partial charge in [-0.2, -0.15) is 0 Å². The lowest BCUT2D eigenvalue weighted by molar-refractivity contribution is -0.134. The summed E-state index contributed by atoms with van der Waals surface area (Å²) in [6.07, 6.45) is 6.14. The first-order valence-electron chi connectivity index (χ1n) is 9.68. The fourth-order valence-corrected chi connectivity index (χ4v) is 5.80. The monoisotopic (exact) mass is 446 g/mol. The van der Waals surface area contributed by atoms with E-state index in [0.717, 1.165) is 30.4 Å². The second-order valence-corrected chi connectivity index (χ2v) is 9.08. The summed E-state index contributed by atoms with van der Waals surface area (Å²) in [5.74, 6) is 0.707. The zero-order chi connectivity index (χ0) is 20.2. The van der Waals surface area contributed by atoms with E-state index in [9.17, 15) is 14.4 Å². The average molecular weight is 447 g/mol. The van der Waals surface area contributed by atoms with Crippen LogP contribution in [0.2, 0.25) is 0 Å². The first-order chi connectivity index (χ1) is 13.2. The minimum absolute atomic E-state index is 0.247. The van der Waals surface area contributed by atoms with Crippen molar-refractivity contribution in [3.8, 4) is 11.5 Å². The third-order valence-corrected chi connectivity index (χ3v) is 7.16. The molecule has 3 aliphatic rings. The van der Waals surface area contributed by atoms with Gasteiger partial charge in [0.2, 0.25) is 0 Å². The van der Waals surface area contributed by atoms with Gasteiger partial charge in [0.05, 0.1) is 4.47 Å². The molecule has 0 amide bonds. The van der Waals surface area contributed by atoms with Crippen LogP contribution in [-0.4, -0.2) is 17.7 Å². The lowest BCUT2D eigenvalue weighted by atomic mass is 9.60. The van der Waals surface area contributed by atoms with Crippen molar-refractivity contribution in [3.63, 3.8) is 0 Å². The molecule has 3 aliphatic carbocycles. The number of fused-ring (bicyclic) bond motifs is 5. The molecule has 0 heterocycles. The summed E-state index contributed by atoms with van der Waals surface area (Å²) in [6, 6.07) is 1.96. The first-order valence-corrected chi connectivity index (χ1v) is 10.5. The summed E-state index contributed by atoms with van der Waals surface area (Å²) < 4.78 is 11.4. The molecule has 0 saturated heterocycles. The molecule has 1 fully saturated rings. The third-order valence-electron chi connectivity index (χ3n) is 6.57. The van der Waals surface area contributed by atoms with Gasteiger partial charge in [0, 0.05) is 31.2 Å². The molecule has 0 bridgehead atoms. The van der Waals surface area contributed by atoms with Crippen molar-refractivity contribution in [2.45, 2.75) is 52.9 Å². The molecular formula is C22H23BrO5. The van der Waals surface area contributed by atoms with Crippen LogP contribution in [0.1, 0.15) is 57.6 Å². The first kappa shape index (κ1) is 19.4. The number of ketones is 1. The quantitative estimate of drug-likeness (QED) is 0.488. The van der Waals surface area contributed by atoms with Crippen LogP contribution in [0.15, 0.2) is 16.6 Å². The van der Waals surface area contributed by atoms with Crippen molar-refractivity contribution in [2.75, 3.05) is 0 Å². The number of allylic oxidation sites excluding steroid dienone is 2. The topological polar surface area (TPSA) is 69.7 Å². The Kier molecular flexibility index (Phi) is 4.73. The number of benzene rings is 1. The van der Waals surface area contributed by atoms with Crippen LogP contribution in [0.25, 0.3) is 5.57 Å². The number of halogens is 1. The molecular weight excluding hydrogens is 424 g/mol. The Morgan fingerprint density at radius 1 is 1.11 bits per heavy atom. The van der Waals surface area contributed by atoms with Crippen molar-refractivity contribution in [1.82, 2.24) is 0 Å². The van der Waals surface area contributed by atoms with E-state index in [1.54, 1.807) is 0 Å². The molecule has 1 aromatic rings. The van der Waals surface area contributed by atoms with Crippen molar-refractivity contribution in [2.24, 2.45) is 17.3 Å². The molecule has 5 nitrogen and oxygen atoms in total. The van der Waals surface area contributed by atoms with Crippen molar-refractivity contribution >= 4 is 39.2 Å². The van der Waals surface area contributed by atoms with Crippen LogP contribution in [0.4, 0.5) is 0 Å². The van der Waals surface area contributed by atoms with Crippen molar-refractivity contribution < 1.29 is 23.9 Å². The zero-order valence-electron chi connectivity index (χ0n) is 16.3. The van der Waals surface area contributed by atoms with E-state index in [1.165, 1.54) is 19.4 Å². The number of ether oxygens (including phenoxy) is 2. The van der Waals surface area contributed by atoms with Gasteiger partial charge in [-0.1, -0.05) is 13.0 Å². The Labute approximate surface area is 172 Å². The van der Waals surface area contributed by atoms with Gasteiger partial charge in [-0.3, -0.25) is 14.4 Å². The normalized spacial score (nSPS) is 28.0. The second-order valence-electron chi connectivity index (χ2n) is 8.22. The molecule has 0 spiro atoms. The average Bonchev–Trinajstić information content (AvgIpc) is 2.92. The number of carbonyl (C=O) groups excluding carboxylic acids is 3. The zero-order valence-corrected chi connectivity index (χ0v) is 17.9. The van der Waals surface area contributed by atoms with Crippen LogP contribution in [0, 0.1) is 17.3 Å². The van der Waals surface area contributed by atoms with Crippen molar-refractivity contribution in [3.05, 3.63) is 27.7 Å². The summed E-state index contributed by atoms with van der Waals surface area (Å²) in [6.45, 7) is 4.77. The highest BCUT2D eigenvalue weighted by Gasteiger charge is 2.52. The predicted octanol–water partition coefficient (Wildman–Crippen LogP) is 4.63. The Bertz CT molecular complexity index is 931. The van der Waals surface area contributed by atoms with E-state index >= 15 is 0 Å². The standard InChI is InChI=1S/C22H23BrO5/c1-11(24)27-20-15-5-4-14-13(8-9-22(3)17(14)6-7-19(22)26)16(15)10-18(23)21(20)28-12(2)25/h8,10,14,17H,4-7,9H2,1-3H3/t14?,17?,22-/m0/s1. The minimum Gasteiger partial charge on any atom is -0.422 e. The van der Waals surface area contributed by atoms with Crippen LogP contribution in [-0.2, 0) is 20.8 Å². The van der Waals surface area contributed by atoms with E-state index < -0.39 is 11.9 Å². The van der Waals surface area contributed by atoms with Gasteiger partial charge in [-0.15, -0.1) is 0 Å². The fourth-order valence-electron chi connectivity index (χ4n) is 5.31. The summed E-state index contributed by atoms with van der Waals surface area (Å²) in [5.41, 5.74) is 2.89. The van der Waals surface area contributed by atoms with Gasteiger partial charge in [-0.25, -0.2) is 0 Å². The van der Waals surface area contributed by atoms with Gasteiger partial charge in [0.25, 0.3) is 0 Å². The number of rotatable bonds is 2. The number of Topliss-reactive ketones (excluding diaryl/α,β-unsaturated/α-hetero) is 1. The van der Waals surface area contributed by atoms with E-state index in [4.69, 9.17) is 9.47 Å². The van der Waals surface area contributed by atoms with E-state index in [-0.39, 0.29) is 11.2 Å². The predicted molar refractivity (Wildman–Crippen MR) is 107 cm³/mol. The summed E-state index contributed by atoms with van der Waals surface area (Å²) in [5, 5.41) is 0. The van der Waals surface area contributed by atoms with Gasteiger partial charge in [-0.05, 0) is 70.7 Å². The Morgan fingerprint density at radius 3 is 2.46 bits per heavy atom. The molecule has 0 radical (unpaired) electrons.